The molecule has 3 heterocycles. The zero-order valence-corrected chi connectivity index (χ0v) is 45.7. The van der Waals surface area contributed by atoms with Gasteiger partial charge in [-0.3, -0.25) is 19.2 Å². The SMILES string of the molecule is CO[C@H]1C[C@@H]2CC[C@@H](C)[C@@](O)(O2)C(=O)C(=O)N2CCCC[C@H]2C(=O)O[C@H]([C@H](C)C[C@@H]2CC[C@@H](O)[C@H](OC)C2)CC(=O)[C@H](C)/C=C(\C)[C@@H](O)[C@@H](OC)C(=O)[C@H](C)C[C@H](C)/C=C/C=C/C=C/1C.O=C(O)c1ccccc1O. The summed E-state index contributed by atoms with van der Waals surface area (Å²) in [5.41, 5.74) is 1.20. The fourth-order valence-corrected chi connectivity index (χ4v) is 10.8. The van der Waals surface area contributed by atoms with Crippen LogP contribution in [0.4, 0.5) is 0 Å². The maximum Gasteiger partial charge on any atom is 0.339 e. The second kappa shape index (κ2) is 29.6. The molecule has 15 atom stereocenters. The van der Waals surface area contributed by atoms with E-state index in [9.17, 15) is 44.1 Å². The predicted octanol–water partition coefficient (Wildman–Crippen LogP) is 7.27. The Morgan fingerprint density at radius 2 is 1.56 bits per heavy atom. The number of Topliss-reactive ketones (excluding diaryl/α,β-unsaturated/α-hetero) is 3. The van der Waals surface area contributed by atoms with E-state index in [4.69, 9.17) is 33.9 Å². The van der Waals surface area contributed by atoms with Crippen LogP contribution in [-0.2, 0) is 47.7 Å². The number of carbonyl (C=O) groups is 6. The Bertz CT molecular complexity index is 2220. The molecule has 0 spiro atoms. The first kappa shape index (κ1) is 62.7. The highest BCUT2D eigenvalue weighted by molar-refractivity contribution is 6.39. The van der Waals surface area contributed by atoms with Gasteiger partial charge in [0.1, 0.15) is 41.4 Å². The standard InChI is InChI=1S/C51H79NO13.C7H6O3/c1-30-16-12-11-13-17-31(2)42(61-8)28-38-21-19-36(7)51(60,65-38)48(57)49(58)52-23-15-14-18-39(52)50(59)64-43(33(4)26-37-20-22-40(53)44(27-37)62-9)29-41(54)32(3)25-35(6)46(56)47(63-10)45(55)34(5)24-30;8-6-4-2-1-3-5(6)7(9)10/h11-13,16-17,25,30,32-34,36-40,42-44,46-47,53,56,60H,14-15,18-24,26-29H2,1-10H3;1-4,8H,(H,9,10)/b13-11+,16-12+,31-17+,35-25+;/t30-,32-,33-,34-,36-,37+,38+,39+,40-,42+,43+,44-,46-,47+,51-;/m1./s1. The molecule has 2 saturated heterocycles. The number of ether oxygens (including phenoxy) is 5. The fraction of sp³-hybridized carbons (Fsp3) is 0.655. The van der Waals surface area contributed by atoms with Crippen LogP contribution < -0.4 is 0 Å². The highest BCUT2D eigenvalue weighted by Crippen LogP contribution is 2.38. The van der Waals surface area contributed by atoms with Crippen LogP contribution in [0.25, 0.3) is 0 Å². The predicted molar refractivity (Wildman–Crippen MR) is 280 cm³/mol. The number of para-hydroxylation sites is 1. The van der Waals surface area contributed by atoms with Gasteiger partial charge < -0.3 is 54.1 Å². The molecule has 0 radical (unpaired) electrons. The molecule has 1 aliphatic carbocycles. The third kappa shape index (κ3) is 17.3. The topological polar surface area (TPSA) is 253 Å². The third-order valence-corrected chi connectivity index (χ3v) is 15.6. The summed E-state index contributed by atoms with van der Waals surface area (Å²) in [6.07, 6.45) is 11.2. The Hall–Kier alpha value is -4.88. The molecule has 17 nitrogen and oxygen atoms in total. The molecule has 1 aromatic rings. The second-order valence-corrected chi connectivity index (χ2v) is 21.4. The van der Waals surface area contributed by atoms with E-state index in [1.807, 2.05) is 58.1 Å². The molecule has 2 bridgehead atoms. The van der Waals surface area contributed by atoms with Crippen LogP contribution >= 0.6 is 0 Å². The number of aromatic carboxylic acids is 1. The van der Waals surface area contributed by atoms with E-state index in [0.717, 1.165) is 12.0 Å². The molecular formula is C58H85NO16. The number of hydrogen-bond donors (Lipinski definition) is 5. The number of carboxylic acids is 1. The molecule has 3 fully saturated rings. The minimum atomic E-state index is -2.43. The van der Waals surface area contributed by atoms with Gasteiger partial charge in [0.15, 0.2) is 5.78 Å². The number of cyclic esters (lactones) is 1. The van der Waals surface area contributed by atoms with Crippen molar-refractivity contribution in [2.45, 2.75) is 180 Å². The molecule has 17 heteroatoms. The maximum atomic E-state index is 14.4. The van der Waals surface area contributed by atoms with Gasteiger partial charge >= 0.3 is 11.9 Å². The first-order valence-corrected chi connectivity index (χ1v) is 26.7. The average Bonchev–Trinajstić information content (AvgIpc) is 3.38. The summed E-state index contributed by atoms with van der Waals surface area (Å²) in [6, 6.07) is 4.67. The molecule has 5 N–H and O–H groups in total. The first-order chi connectivity index (χ1) is 35.5. The Balaban J connectivity index is 0.00000108. The van der Waals surface area contributed by atoms with Crippen molar-refractivity contribution in [1.82, 2.24) is 4.90 Å². The van der Waals surface area contributed by atoms with Crippen molar-refractivity contribution in [3.8, 4) is 5.75 Å². The van der Waals surface area contributed by atoms with Crippen LogP contribution in [0.5, 0.6) is 5.75 Å². The number of benzene rings is 1. The van der Waals surface area contributed by atoms with E-state index in [1.54, 1.807) is 53.2 Å². The van der Waals surface area contributed by atoms with Crippen LogP contribution in [0.1, 0.15) is 136 Å². The molecule has 5 rings (SSSR count). The van der Waals surface area contributed by atoms with E-state index in [-0.39, 0.29) is 66.1 Å². The van der Waals surface area contributed by atoms with E-state index in [0.29, 0.717) is 63.4 Å². The average molecular weight is 1050 g/mol. The number of piperidine rings is 1. The Morgan fingerprint density at radius 3 is 2.20 bits per heavy atom. The molecule has 75 heavy (non-hydrogen) atoms. The number of aromatic hydroxyl groups is 1. The molecule has 418 valence electrons. The number of allylic oxidation sites excluding steroid dienone is 6. The van der Waals surface area contributed by atoms with E-state index < -0.39 is 89.8 Å². The van der Waals surface area contributed by atoms with Gasteiger partial charge in [-0.15, -0.1) is 0 Å². The van der Waals surface area contributed by atoms with E-state index in [2.05, 4.69) is 0 Å². The first-order valence-electron chi connectivity index (χ1n) is 26.7. The molecule has 0 aromatic heterocycles. The summed E-state index contributed by atoms with van der Waals surface area (Å²) in [5.74, 6) is -9.27. The number of aliphatic hydroxyl groups excluding tert-OH is 2. The van der Waals surface area contributed by atoms with Crippen molar-refractivity contribution in [1.29, 1.82) is 0 Å². The van der Waals surface area contributed by atoms with Gasteiger partial charge in [-0.05, 0) is 119 Å². The van der Waals surface area contributed by atoms with Gasteiger partial charge in [0.05, 0.1) is 24.4 Å². The third-order valence-electron chi connectivity index (χ3n) is 15.6. The summed E-state index contributed by atoms with van der Waals surface area (Å²) in [5, 5.41) is 51.1. The number of hydrogen-bond acceptors (Lipinski definition) is 15. The number of phenols is 1. The monoisotopic (exact) mass is 1050 g/mol. The van der Waals surface area contributed by atoms with Gasteiger partial charge in [0.25, 0.3) is 11.7 Å². The van der Waals surface area contributed by atoms with E-state index in [1.165, 1.54) is 24.1 Å². The van der Waals surface area contributed by atoms with Crippen molar-refractivity contribution in [2.24, 2.45) is 35.5 Å². The lowest BCUT2D eigenvalue weighted by atomic mass is 9.78. The van der Waals surface area contributed by atoms with Crippen LogP contribution in [0.15, 0.2) is 71.9 Å². The Morgan fingerprint density at radius 1 is 0.853 bits per heavy atom. The maximum absolute atomic E-state index is 14.4. The Labute approximate surface area is 443 Å². The highest BCUT2D eigenvalue weighted by Gasteiger charge is 2.53. The van der Waals surface area contributed by atoms with Gasteiger partial charge in [-0.2, -0.15) is 0 Å². The second-order valence-electron chi connectivity index (χ2n) is 21.4. The summed E-state index contributed by atoms with van der Waals surface area (Å²) in [4.78, 5) is 82.0. The Kier molecular flexibility index (Phi) is 24.7. The van der Waals surface area contributed by atoms with Crippen LogP contribution in [-0.4, -0.2) is 148 Å². The number of amides is 1. The van der Waals surface area contributed by atoms with Crippen LogP contribution in [0.3, 0.4) is 0 Å². The van der Waals surface area contributed by atoms with Crippen molar-refractivity contribution in [3.63, 3.8) is 0 Å². The number of carbonyl (C=O) groups excluding carboxylic acids is 5. The van der Waals surface area contributed by atoms with Crippen molar-refractivity contribution >= 4 is 35.2 Å². The number of aliphatic hydroxyl groups is 3. The smallest absolute Gasteiger partial charge is 0.339 e. The molecule has 1 aromatic carbocycles. The summed E-state index contributed by atoms with van der Waals surface area (Å²) in [6.45, 7) is 12.7. The number of carboxylic acid groups (broad SMARTS) is 1. The lowest BCUT2D eigenvalue weighted by Crippen LogP contribution is -2.61. The van der Waals surface area contributed by atoms with E-state index >= 15 is 0 Å². The molecule has 3 aliphatic heterocycles. The van der Waals surface area contributed by atoms with Gasteiger partial charge in [0.2, 0.25) is 5.79 Å². The minimum absolute atomic E-state index is 0.0193. The van der Waals surface area contributed by atoms with Gasteiger partial charge in [-0.1, -0.05) is 83.2 Å². The summed E-state index contributed by atoms with van der Waals surface area (Å²) >= 11 is 0. The molecule has 0 unspecified atom stereocenters. The number of rotatable bonds is 7. The summed E-state index contributed by atoms with van der Waals surface area (Å²) < 4.78 is 29.4. The van der Waals surface area contributed by atoms with Crippen molar-refractivity contribution < 1.29 is 78.0 Å². The van der Waals surface area contributed by atoms with Crippen molar-refractivity contribution in [3.05, 3.63) is 77.4 Å². The fourth-order valence-electron chi connectivity index (χ4n) is 10.8. The normalized spacial score (nSPS) is 36.3. The zero-order chi connectivity index (χ0) is 55.7. The van der Waals surface area contributed by atoms with Crippen LogP contribution in [0.2, 0.25) is 0 Å². The molecular weight excluding hydrogens is 967 g/mol. The number of nitrogens with zero attached hydrogens (tertiary/aromatic N) is 1. The van der Waals surface area contributed by atoms with Crippen molar-refractivity contribution in [2.75, 3.05) is 27.9 Å². The van der Waals surface area contributed by atoms with Gasteiger partial charge in [0, 0.05) is 58.5 Å². The molecule has 4 aliphatic rings. The van der Waals surface area contributed by atoms with Gasteiger partial charge in [-0.25, -0.2) is 9.59 Å². The largest absolute Gasteiger partial charge is 0.507 e. The molecule has 1 saturated carbocycles. The zero-order valence-electron chi connectivity index (χ0n) is 45.7. The number of esters is 1. The number of fused-ring (bicyclic) bond motifs is 3. The number of methoxy groups -OCH3 is 3. The lowest BCUT2D eigenvalue weighted by Gasteiger charge is -2.42. The minimum Gasteiger partial charge on any atom is -0.507 e. The molecule has 1 amide bonds. The quantitative estimate of drug-likeness (QED) is 0.102. The number of ketones is 3. The highest BCUT2D eigenvalue weighted by atomic mass is 16.6. The summed E-state index contributed by atoms with van der Waals surface area (Å²) in [7, 11) is 4.52. The lowest BCUT2D eigenvalue weighted by molar-refractivity contribution is -0.265. The van der Waals surface area contributed by atoms with Crippen LogP contribution in [0, 0.1) is 35.5 Å².